The number of hydrogen-bond acceptors (Lipinski definition) is 2. The van der Waals surface area contributed by atoms with E-state index in [1.165, 1.54) is 0 Å². The van der Waals surface area contributed by atoms with Gasteiger partial charge in [-0.25, -0.2) is 0 Å². The van der Waals surface area contributed by atoms with E-state index in [1.807, 2.05) is 0 Å². The van der Waals surface area contributed by atoms with Gasteiger partial charge in [-0.05, 0) is 0 Å². The first-order valence-corrected chi connectivity index (χ1v) is 12.4. The molecule has 0 atom stereocenters. The molecule has 0 spiro atoms. The van der Waals surface area contributed by atoms with Gasteiger partial charge in [-0.3, -0.25) is 0 Å². The van der Waals surface area contributed by atoms with Gasteiger partial charge < -0.3 is 0 Å². The minimum absolute atomic E-state index is 0.240. The molecule has 0 amide bonds. The molecule has 4 nitrogen and oxygen atoms in total. The summed E-state index contributed by atoms with van der Waals surface area (Å²) >= 11 is -3.40. The van der Waals surface area contributed by atoms with Crippen LogP contribution in [-0.4, -0.2) is 46.2 Å². The fraction of sp³-hybridized carbons (Fsp3) is 0.500. The van der Waals surface area contributed by atoms with Crippen LogP contribution in [0.1, 0.15) is 13.8 Å². The van der Waals surface area contributed by atoms with Crippen molar-refractivity contribution in [2.75, 3.05) is 28.2 Å². The van der Waals surface area contributed by atoms with E-state index in [9.17, 15) is 0 Å². The summed E-state index contributed by atoms with van der Waals surface area (Å²) in [4.78, 5) is 0. The van der Waals surface area contributed by atoms with Crippen molar-refractivity contribution in [2.45, 2.75) is 24.9 Å². The summed E-state index contributed by atoms with van der Waals surface area (Å²) in [6, 6.07) is 0. The van der Waals surface area contributed by atoms with E-state index >= 15 is 0 Å². The Balaban J connectivity index is 2.71. The van der Waals surface area contributed by atoms with Gasteiger partial charge in [0.05, 0.1) is 0 Å². The molecule has 21 heavy (non-hydrogen) atoms. The summed E-state index contributed by atoms with van der Waals surface area (Å²) in [6.45, 7) is 4.31. The Morgan fingerprint density at radius 1 is 0.667 bits per heavy atom. The van der Waals surface area contributed by atoms with Crippen molar-refractivity contribution in [1.82, 2.24) is 6.92 Å². The second-order valence-electron chi connectivity index (χ2n) is 6.19. The summed E-state index contributed by atoms with van der Waals surface area (Å²) in [5.41, 5.74) is -0.481. The Morgan fingerprint density at radius 2 is 0.952 bits per heavy atom. The second kappa shape index (κ2) is 5.75. The third-order valence-corrected chi connectivity index (χ3v) is 15.2. The molecular weight excluding hydrogens is 432 g/mol. The first kappa shape index (κ1) is 16.5. The summed E-state index contributed by atoms with van der Waals surface area (Å²) < 4.78 is 15.1. The molecule has 0 aromatic rings. The molecule has 0 aromatic heterocycles. The third-order valence-electron chi connectivity index (χ3n) is 3.57. The molecule has 0 radical (unpaired) electrons. The second-order valence-corrected chi connectivity index (χ2v) is 16.3. The Bertz CT molecular complexity index is 557. The van der Waals surface area contributed by atoms with E-state index in [0.717, 1.165) is 0 Å². The van der Waals surface area contributed by atoms with E-state index in [1.54, 1.807) is 0 Å². The van der Waals surface area contributed by atoms with E-state index in [-0.39, 0.29) is 11.1 Å². The number of rotatable bonds is 4. The third kappa shape index (κ3) is 3.33. The zero-order valence-electron chi connectivity index (χ0n) is 13.8. The summed E-state index contributed by atoms with van der Waals surface area (Å²) in [5.74, 6) is 0. The van der Waals surface area contributed by atoms with Crippen LogP contribution in [0.4, 0.5) is 0 Å². The normalized spacial score (nSPS) is 21.7. The Labute approximate surface area is 132 Å². The van der Waals surface area contributed by atoms with Gasteiger partial charge in [0, 0.05) is 0 Å². The number of allylic oxidation sites excluding steroid dienone is 4. The first-order valence-electron chi connectivity index (χ1n) is 7.12. The molecule has 116 valence electrons. The van der Waals surface area contributed by atoms with Gasteiger partial charge >= 0.3 is 132 Å². The number of nitrogens with zero attached hydrogens (tertiary/aromatic N) is 4. The average Bonchev–Trinajstić information content (AvgIpc) is 2.97. The zero-order valence-corrected chi connectivity index (χ0v) is 16.7. The predicted octanol–water partition coefficient (Wildman–Crippen LogP) is 3.23. The van der Waals surface area contributed by atoms with Gasteiger partial charge in [-0.15, -0.1) is 0 Å². The van der Waals surface area contributed by atoms with Crippen LogP contribution in [-0.2, 0) is 16.2 Å². The molecule has 0 fully saturated rings. The maximum absolute atomic E-state index is 5.30. The van der Waals surface area contributed by atoms with Gasteiger partial charge in [0.25, 0.3) is 0 Å². The molecular formula is C16H26N4W. The molecule has 5 heteroatoms. The Kier molecular flexibility index (Phi) is 4.53. The molecule has 0 unspecified atom stereocenters. The van der Waals surface area contributed by atoms with Crippen molar-refractivity contribution in [3.63, 3.8) is 0 Å². The van der Waals surface area contributed by atoms with Gasteiger partial charge in [-0.2, -0.15) is 0 Å². The molecule has 0 heterocycles. The molecule has 0 aromatic carbocycles. The predicted molar refractivity (Wildman–Crippen MR) is 85.6 cm³/mol. The van der Waals surface area contributed by atoms with Crippen molar-refractivity contribution in [3.05, 3.63) is 48.6 Å². The van der Waals surface area contributed by atoms with Crippen LogP contribution in [0.5, 0.6) is 0 Å². The van der Waals surface area contributed by atoms with Crippen molar-refractivity contribution < 1.29 is 16.2 Å². The van der Waals surface area contributed by atoms with Crippen molar-refractivity contribution >= 4 is 0 Å². The molecule has 2 rings (SSSR count). The monoisotopic (exact) mass is 458 g/mol. The van der Waals surface area contributed by atoms with E-state index in [2.05, 4.69) is 97.6 Å². The molecule has 2 aliphatic rings. The van der Waals surface area contributed by atoms with E-state index in [4.69, 9.17) is 6.99 Å². The van der Waals surface area contributed by atoms with Crippen LogP contribution in [0.25, 0.3) is 0 Å². The van der Waals surface area contributed by atoms with Crippen LogP contribution < -0.4 is 0 Å². The van der Waals surface area contributed by atoms with Crippen LogP contribution in [0.3, 0.4) is 0 Å². The van der Waals surface area contributed by atoms with Gasteiger partial charge in [0.1, 0.15) is 0 Å². The summed E-state index contributed by atoms with van der Waals surface area (Å²) in [7, 11) is 8.44. The average molecular weight is 458 g/mol. The molecule has 0 saturated carbocycles. The van der Waals surface area contributed by atoms with Crippen molar-refractivity contribution in [3.8, 4) is 0 Å². The Hall–Kier alpha value is -0.832. The summed E-state index contributed by atoms with van der Waals surface area (Å²) in [5, 5.41) is 0. The van der Waals surface area contributed by atoms with Gasteiger partial charge in [0.15, 0.2) is 0 Å². The molecule has 0 saturated heterocycles. The topological polar surface area (TPSA) is 31.2 Å². The van der Waals surface area contributed by atoms with E-state index in [0.29, 0.717) is 0 Å². The maximum atomic E-state index is 5.30. The van der Waals surface area contributed by atoms with Crippen molar-refractivity contribution in [1.29, 1.82) is 0 Å². The Morgan fingerprint density at radius 3 is 1.19 bits per heavy atom. The molecule has 0 bridgehead atoms. The first-order chi connectivity index (χ1) is 9.72. The SMILES string of the molecule is C[N](C)[W](=[N]C1(C)C=CC=C1)(=[N]C1(C)C=CC=C1)[N](C)C. The van der Waals surface area contributed by atoms with Crippen molar-refractivity contribution in [2.24, 2.45) is 6.99 Å². The molecule has 2 aliphatic carbocycles. The van der Waals surface area contributed by atoms with Crippen LogP contribution in [0.15, 0.2) is 55.6 Å². The quantitative estimate of drug-likeness (QED) is 0.648. The number of hydrogen-bond donors (Lipinski definition) is 0. The minimum atomic E-state index is -3.40. The van der Waals surface area contributed by atoms with Crippen LogP contribution in [0.2, 0.25) is 0 Å². The summed E-state index contributed by atoms with van der Waals surface area (Å²) in [6.07, 6.45) is 16.9. The molecule has 0 aliphatic heterocycles. The van der Waals surface area contributed by atoms with Crippen LogP contribution >= 0.6 is 0 Å². The van der Waals surface area contributed by atoms with E-state index < -0.39 is 16.2 Å². The van der Waals surface area contributed by atoms with Gasteiger partial charge in [0.2, 0.25) is 0 Å². The van der Waals surface area contributed by atoms with Crippen LogP contribution in [0, 0.1) is 0 Å². The molecule has 0 N–H and O–H groups in total. The van der Waals surface area contributed by atoms with Gasteiger partial charge in [-0.1, -0.05) is 0 Å². The standard InChI is InChI=1S/2C6H7N.2C2H6N.W/c2*1-6(7)4-2-3-5-6;2*1-3-2;/h2*2-5H,1H3;2*1-2H3;/q;;2*-1;+2. The fourth-order valence-electron chi connectivity index (χ4n) is 2.44. The fourth-order valence-corrected chi connectivity index (χ4v) is 11.9. The zero-order chi connectivity index (χ0) is 15.7.